The smallest absolute Gasteiger partial charge is 0.225 e. The number of fused-ring (bicyclic) bond motifs is 1. The molecule has 1 aliphatic heterocycles. The highest BCUT2D eigenvalue weighted by Crippen LogP contribution is 2.33. The molecule has 0 amide bonds. The molecule has 12 heteroatoms. The van der Waals surface area contributed by atoms with Crippen LogP contribution >= 0.6 is 11.6 Å². The number of hydrogen-bond donors (Lipinski definition) is 3. The predicted molar refractivity (Wildman–Crippen MR) is 147 cm³/mol. The van der Waals surface area contributed by atoms with Gasteiger partial charge in [0.2, 0.25) is 5.95 Å². The van der Waals surface area contributed by atoms with Crippen molar-refractivity contribution in [3.63, 3.8) is 0 Å². The Hall–Kier alpha value is -4.22. The monoisotopic (exact) mass is 532 g/mol. The van der Waals surface area contributed by atoms with Gasteiger partial charge in [-0.25, -0.2) is 19.9 Å². The van der Waals surface area contributed by atoms with Gasteiger partial charge >= 0.3 is 0 Å². The molecule has 3 heterocycles. The van der Waals surface area contributed by atoms with Crippen LogP contribution in [-0.2, 0) is 6.54 Å². The second kappa shape index (κ2) is 11.4. The lowest BCUT2D eigenvalue weighted by Gasteiger charge is -2.34. The molecule has 10 nitrogen and oxygen atoms in total. The van der Waals surface area contributed by atoms with Gasteiger partial charge in [0.15, 0.2) is 5.84 Å². The van der Waals surface area contributed by atoms with E-state index in [1.165, 1.54) is 6.07 Å². The van der Waals surface area contributed by atoms with Crippen molar-refractivity contribution in [1.29, 1.82) is 5.53 Å². The molecule has 38 heavy (non-hydrogen) atoms. The Labute approximate surface area is 223 Å². The molecule has 0 atom stereocenters. The van der Waals surface area contributed by atoms with Crippen molar-refractivity contribution in [3.8, 4) is 11.1 Å². The van der Waals surface area contributed by atoms with Crippen LogP contribution in [-0.4, -0.2) is 58.4 Å². The summed E-state index contributed by atoms with van der Waals surface area (Å²) >= 11 is 6.49. The maximum absolute atomic E-state index is 14.1. The normalized spacial score (nSPS) is 14.6. The van der Waals surface area contributed by atoms with E-state index in [2.05, 4.69) is 40.3 Å². The zero-order valence-corrected chi connectivity index (χ0v) is 21.2. The van der Waals surface area contributed by atoms with Crippen LogP contribution in [0.3, 0.4) is 0 Å². The van der Waals surface area contributed by atoms with E-state index in [0.717, 1.165) is 48.2 Å². The predicted octanol–water partition coefficient (Wildman–Crippen LogP) is 4.52. The lowest BCUT2D eigenvalue weighted by Crippen LogP contribution is -2.48. The van der Waals surface area contributed by atoms with Crippen molar-refractivity contribution in [3.05, 3.63) is 77.5 Å². The third-order valence-electron chi connectivity index (χ3n) is 6.50. The Balaban J connectivity index is 1.32. The Morgan fingerprint density at radius 3 is 2.50 bits per heavy atom. The van der Waals surface area contributed by atoms with Gasteiger partial charge in [-0.05, 0) is 23.8 Å². The maximum atomic E-state index is 14.1. The number of aromatic nitrogens is 3. The van der Waals surface area contributed by atoms with E-state index in [-0.39, 0.29) is 5.82 Å². The number of hydrogen-bond acceptors (Lipinski definition) is 9. The third-order valence-corrected chi connectivity index (χ3v) is 6.79. The van der Waals surface area contributed by atoms with Crippen molar-refractivity contribution >= 4 is 40.0 Å². The molecule has 5 rings (SSSR count). The number of amidine groups is 1. The summed E-state index contributed by atoms with van der Waals surface area (Å²) in [5.74, 6) is 5.95. The molecule has 0 saturated carbocycles. The SMILES string of the molecule is N=N/C(CN1CCN(c2ncc(-c3ccc4ncc(Cl)c(NCc5ccccc5F)c4c3)cn2)CC1)=N\N. The summed E-state index contributed by atoms with van der Waals surface area (Å²) in [6.07, 6.45) is 5.20. The van der Waals surface area contributed by atoms with Crippen LogP contribution in [0.1, 0.15) is 5.56 Å². The van der Waals surface area contributed by atoms with E-state index in [0.29, 0.717) is 41.1 Å². The molecule has 0 unspecified atom stereocenters. The number of pyridine rings is 1. The van der Waals surface area contributed by atoms with Gasteiger partial charge in [0.05, 0.1) is 22.8 Å². The second-order valence-corrected chi connectivity index (χ2v) is 9.26. The van der Waals surface area contributed by atoms with Crippen LogP contribution < -0.4 is 16.1 Å². The second-order valence-electron chi connectivity index (χ2n) is 8.85. The Kier molecular flexibility index (Phi) is 7.66. The molecule has 2 aromatic carbocycles. The van der Waals surface area contributed by atoms with Gasteiger partial charge < -0.3 is 16.1 Å². The number of piperazine rings is 1. The highest BCUT2D eigenvalue weighted by atomic mass is 35.5. The largest absolute Gasteiger partial charge is 0.379 e. The van der Waals surface area contributed by atoms with Gasteiger partial charge in [0.1, 0.15) is 5.82 Å². The first-order valence-electron chi connectivity index (χ1n) is 12.0. The third kappa shape index (κ3) is 5.53. The van der Waals surface area contributed by atoms with Crippen molar-refractivity contribution in [1.82, 2.24) is 19.9 Å². The van der Waals surface area contributed by atoms with Crippen LogP contribution in [0.4, 0.5) is 16.0 Å². The number of nitrogens with one attached hydrogen (secondary N) is 2. The Morgan fingerprint density at radius 1 is 1.03 bits per heavy atom. The summed E-state index contributed by atoms with van der Waals surface area (Å²) in [4.78, 5) is 17.9. The number of rotatable bonds is 7. The molecule has 4 aromatic rings. The van der Waals surface area contributed by atoms with Crippen LogP contribution in [0.5, 0.6) is 0 Å². The molecule has 1 fully saturated rings. The number of halogens is 2. The molecule has 0 spiro atoms. The van der Waals surface area contributed by atoms with Crippen LogP contribution in [0.15, 0.2) is 71.3 Å². The Bertz CT molecular complexity index is 1470. The first-order chi connectivity index (χ1) is 18.6. The molecular weight excluding hydrogens is 507 g/mol. The van der Waals surface area contributed by atoms with Gasteiger partial charge in [-0.2, -0.15) is 5.10 Å². The minimum Gasteiger partial charge on any atom is -0.379 e. The number of benzene rings is 2. The standard InChI is InChI=1S/C26H26ClFN10/c27-21-15-31-23-6-5-17(11-20(23)25(21)32-12-18-3-1-2-4-22(18)28)19-13-33-26(34-14-19)38-9-7-37(8-10-38)16-24(35-29)36-30/h1-6,11,13-15,29H,7-10,12,16,30H2,(H,31,32)/b35-29?,36-24-. The molecule has 1 saturated heterocycles. The summed E-state index contributed by atoms with van der Waals surface area (Å²) in [5.41, 5.74) is 10.9. The molecule has 0 aliphatic carbocycles. The molecule has 0 bridgehead atoms. The van der Waals surface area contributed by atoms with E-state index in [1.54, 1.807) is 36.8 Å². The quantitative estimate of drug-likeness (QED) is 0.105. The molecule has 194 valence electrons. The highest BCUT2D eigenvalue weighted by molar-refractivity contribution is 6.34. The fraction of sp³-hybridized carbons (Fsp3) is 0.231. The first-order valence-corrected chi connectivity index (χ1v) is 12.4. The first kappa shape index (κ1) is 25.4. The molecule has 0 radical (unpaired) electrons. The van der Waals surface area contributed by atoms with Gasteiger partial charge in [0.25, 0.3) is 0 Å². The van der Waals surface area contributed by atoms with Crippen LogP contribution in [0, 0.1) is 11.3 Å². The van der Waals surface area contributed by atoms with E-state index in [9.17, 15) is 4.39 Å². The summed E-state index contributed by atoms with van der Waals surface area (Å²) in [6, 6.07) is 12.5. The van der Waals surface area contributed by atoms with Crippen LogP contribution in [0.2, 0.25) is 5.02 Å². The van der Waals surface area contributed by atoms with Gasteiger partial charge in [-0.3, -0.25) is 9.88 Å². The van der Waals surface area contributed by atoms with Crippen molar-refractivity contribution in [2.45, 2.75) is 6.54 Å². The van der Waals surface area contributed by atoms with Gasteiger partial charge in [-0.15, -0.1) is 5.11 Å². The maximum Gasteiger partial charge on any atom is 0.225 e. The van der Waals surface area contributed by atoms with E-state index >= 15 is 0 Å². The topological polar surface area (TPSA) is 132 Å². The van der Waals surface area contributed by atoms with Crippen LogP contribution in [0.25, 0.3) is 22.0 Å². The average molecular weight is 533 g/mol. The lowest BCUT2D eigenvalue weighted by atomic mass is 10.0. The molecule has 2 aromatic heterocycles. The summed E-state index contributed by atoms with van der Waals surface area (Å²) in [6.45, 7) is 3.75. The number of hydrazone groups is 1. The summed E-state index contributed by atoms with van der Waals surface area (Å²) in [7, 11) is 0. The number of nitrogens with two attached hydrogens (primary N) is 1. The van der Waals surface area contributed by atoms with E-state index < -0.39 is 0 Å². The zero-order valence-electron chi connectivity index (χ0n) is 20.5. The number of nitrogens with zero attached hydrogens (tertiary/aromatic N) is 7. The molecule has 4 N–H and O–H groups in total. The molecule has 1 aliphatic rings. The average Bonchev–Trinajstić information content (AvgIpc) is 2.96. The van der Waals surface area contributed by atoms with E-state index in [4.69, 9.17) is 23.0 Å². The highest BCUT2D eigenvalue weighted by Gasteiger charge is 2.20. The van der Waals surface area contributed by atoms with Crippen molar-refractivity contribution < 1.29 is 4.39 Å². The summed E-state index contributed by atoms with van der Waals surface area (Å²) in [5, 5.41) is 11.4. The fourth-order valence-electron chi connectivity index (χ4n) is 4.40. The fourth-order valence-corrected chi connectivity index (χ4v) is 4.61. The van der Waals surface area contributed by atoms with Gasteiger partial charge in [0, 0.05) is 67.8 Å². The van der Waals surface area contributed by atoms with Crippen molar-refractivity contribution in [2.75, 3.05) is 42.9 Å². The van der Waals surface area contributed by atoms with Crippen molar-refractivity contribution in [2.24, 2.45) is 16.1 Å². The minimum absolute atomic E-state index is 0.272. The summed E-state index contributed by atoms with van der Waals surface area (Å²) < 4.78 is 14.1. The Morgan fingerprint density at radius 2 is 1.79 bits per heavy atom. The molecular formula is C26H26ClFN10. The van der Waals surface area contributed by atoms with Gasteiger partial charge in [-0.1, -0.05) is 35.9 Å². The lowest BCUT2D eigenvalue weighted by molar-refractivity contribution is 0.289. The minimum atomic E-state index is -0.272. The van der Waals surface area contributed by atoms with E-state index in [1.807, 2.05) is 18.2 Å². The zero-order chi connectivity index (χ0) is 26.5. The number of anilines is 2.